The van der Waals surface area contributed by atoms with Gasteiger partial charge in [-0.05, 0) is 23.6 Å². The number of nitrogens with one attached hydrogen (secondary N) is 1. The third-order valence-electron chi connectivity index (χ3n) is 3.18. The lowest BCUT2D eigenvalue weighted by atomic mass is 10.0. The maximum Gasteiger partial charge on any atom is 0.0719 e. The van der Waals surface area contributed by atoms with Crippen LogP contribution in [0.25, 0.3) is 0 Å². The summed E-state index contributed by atoms with van der Waals surface area (Å²) >= 11 is 0. The second-order valence-electron chi connectivity index (χ2n) is 5.22. The maximum absolute atomic E-state index is 3.53. The molecule has 0 aromatic heterocycles. The zero-order valence-electron chi connectivity index (χ0n) is 12.1. The van der Waals surface area contributed by atoms with E-state index in [0.29, 0.717) is 5.92 Å². The van der Waals surface area contributed by atoms with Crippen LogP contribution in [-0.2, 0) is 6.54 Å². The molecule has 2 rings (SSSR count). The third kappa shape index (κ3) is 4.57. The van der Waals surface area contributed by atoms with Gasteiger partial charge in [0, 0.05) is 12.1 Å². The quantitative estimate of drug-likeness (QED) is 0.826. The van der Waals surface area contributed by atoms with Gasteiger partial charge in [0.15, 0.2) is 0 Å². The Morgan fingerprint density at radius 1 is 0.900 bits per heavy atom. The van der Waals surface area contributed by atoms with Crippen molar-refractivity contribution in [2.45, 2.75) is 26.4 Å². The monoisotopic (exact) mass is 263 g/mol. The fraction of sp³-hybridized carbons (Fsp3) is 0.263. The molecule has 0 radical (unpaired) electrons. The molecule has 1 atom stereocenters. The summed E-state index contributed by atoms with van der Waals surface area (Å²) in [5.41, 5.74) is 2.36. The predicted octanol–water partition coefficient (Wildman–Crippen LogP) is 3.85. The van der Waals surface area contributed by atoms with Crippen molar-refractivity contribution in [1.29, 1.82) is 0 Å². The van der Waals surface area contributed by atoms with Crippen molar-refractivity contribution in [3.8, 4) is 11.8 Å². The van der Waals surface area contributed by atoms with Crippen LogP contribution < -0.4 is 5.32 Å². The molecule has 1 unspecified atom stereocenters. The number of benzene rings is 2. The van der Waals surface area contributed by atoms with Gasteiger partial charge in [0.25, 0.3) is 0 Å². The summed E-state index contributed by atoms with van der Waals surface area (Å²) in [6.07, 6.45) is 0. The second-order valence-corrected chi connectivity index (χ2v) is 5.22. The molecule has 1 nitrogen and oxygen atoms in total. The predicted molar refractivity (Wildman–Crippen MR) is 85.2 cm³/mol. The van der Waals surface area contributed by atoms with Crippen LogP contribution in [-0.4, -0.2) is 6.04 Å². The SMILES string of the molecule is CC(C)C(C#Cc1ccccc1)NCc1ccccc1. The van der Waals surface area contributed by atoms with E-state index in [1.54, 1.807) is 0 Å². The number of rotatable bonds is 4. The Balaban J connectivity index is 2.00. The van der Waals surface area contributed by atoms with Crippen molar-refractivity contribution < 1.29 is 0 Å². The van der Waals surface area contributed by atoms with E-state index >= 15 is 0 Å². The number of hydrogen-bond acceptors (Lipinski definition) is 1. The maximum atomic E-state index is 3.53. The first-order valence-corrected chi connectivity index (χ1v) is 7.09. The van der Waals surface area contributed by atoms with Gasteiger partial charge in [-0.2, -0.15) is 0 Å². The van der Waals surface area contributed by atoms with Crippen LogP contribution in [0.3, 0.4) is 0 Å². The van der Waals surface area contributed by atoms with Gasteiger partial charge in [-0.25, -0.2) is 0 Å². The summed E-state index contributed by atoms with van der Waals surface area (Å²) in [6, 6.07) is 20.8. The average molecular weight is 263 g/mol. The Morgan fingerprint density at radius 2 is 1.50 bits per heavy atom. The van der Waals surface area contributed by atoms with E-state index in [-0.39, 0.29) is 6.04 Å². The zero-order valence-corrected chi connectivity index (χ0v) is 12.1. The van der Waals surface area contributed by atoms with Crippen molar-refractivity contribution in [3.63, 3.8) is 0 Å². The molecular weight excluding hydrogens is 242 g/mol. The molecule has 0 aliphatic carbocycles. The minimum atomic E-state index is 0.204. The van der Waals surface area contributed by atoms with E-state index in [0.717, 1.165) is 12.1 Å². The molecule has 0 saturated carbocycles. The highest BCUT2D eigenvalue weighted by Crippen LogP contribution is 2.04. The van der Waals surface area contributed by atoms with E-state index in [2.05, 4.69) is 55.3 Å². The molecule has 0 heterocycles. The minimum absolute atomic E-state index is 0.204. The molecule has 1 N–H and O–H groups in total. The van der Waals surface area contributed by atoms with Gasteiger partial charge in [-0.1, -0.05) is 74.2 Å². The molecule has 0 aliphatic heterocycles. The average Bonchev–Trinajstić information content (AvgIpc) is 2.49. The molecule has 0 saturated heterocycles. The molecule has 2 aromatic carbocycles. The van der Waals surface area contributed by atoms with Gasteiger partial charge in [0.05, 0.1) is 6.04 Å². The van der Waals surface area contributed by atoms with Crippen molar-refractivity contribution in [2.24, 2.45) is 5.92 Å². The fourth-order valence-electron chi connectivity index (χ4n) is 1.96. The Hall–Kier alpha value is -2.04. The highest BCUT2D eigenvalue weighted by atomic mass is 14.9. The molecule has 0 spiro atoms. The van der Waals surface area contributed by atoms with Crippen LogP contribution in [0.15, 0.2) is 60.7 Å². The molecular formula is C19H21N. The summed E-state index contributed by atoms with van der Waals surface area (Å²) in [6.45, 7) is 5.25. The van der Waals surface area contributed by atoms with Crippen LogP contribution in [0.2, 0.25) is 0 Å². The zero-order chi connectivity index (χ0) is 14.2. The van der Waals surface area contributed by atoms with E-state index in [1.165, 1.54) is 5.56 Å². The highest BCUT2D eigenvalue weighted by molar-refractivity contribution is 5.35. The summed E-state index contributed by atoms with van der Waals surface area (Å²) in [5, 5.41) is 3.53. The molecule has 2 aromatic rings. The lowest BCUT2D eigenvalue weighted by Crippen LogP contribution is -2.32. The van der Waals surface area contributed by atoms with Crippen molar-refractivity contribution in [1.82, 2.24) is 5.32 Å². The van der Waals surface area contributed by atoms with Gasteiger partial charge in [-0.15, -0.1) is 0 Å². The molecule has 102 valence electrons. The summed E-state index contributed by atoms with van der Waals surface area (Å²) in [4.78, 5) is 0. The molecule has 1 heteroatoms. The highest BCUT2D eigenvalue weighted by Gasteiger charge is 2.09. The summed E-state index contributed by atoms with van der Waals surface area (Å²) in [5.74, 6) is 7.08. The minimum Gasteiger partial charge on any atom is -0.299 e. The van der Waals surface area contributed by atoms with E-state index in [9.17, 15) is 0 Å². The first-order valence-electron chi connectivity index (χ1n) is 7.09. The van der Waals surface area contributed by atoms with Gasteiger partial charge >= 0.3 is 0 Å². The van der Waals surface area contributed by atoms with Crippen LogP contribution >= 0.6 is 0 Å². The van der Waals surface area contributed by atoms with E-state index < -0.39 is 0 Å². The molecule has 0 fully saturated rings. The van der Waals surface area contributed by atoms with Gasteiger partial charge in [0.1, 0.15) is 0 Å². The van der Waals surface area contributed by atoms with E-state index in [4.69, 9.17) is 0 Å². The fourth-order valence-corrected chi connectivity index (χ4v) is 1.96. The smallest absolute Gasteiger partial charge is 0.0719 e. The number of hydrogen-bond donors (Lipinski definition) is 1. The summed E-state index contributed by atoms with van der Waals surface area (Å²) < 4.78 is 0. The molecule has 0 bridgehead atoms. The molecule has 20 heavy (non-hydrogen) atoms. The third-order valence-corrected chi connectivity index (χ3v) is 3.18. The standard InChI is InChI=1S/C19H21N/c1-16(2)19(14-13-17-9-5-3-6-10-17)20-15-18-11-7-4-8-12-18/h3-12,16,19-20H,15H2,1-2H3. The Labute approximate surface area is 122 Å². The second kappa shape index (κ2) is 7.53. The van der Waals surface area contributed by atoms with Crippen LogP contribution in [0.5, 0.6) is 0 Å². The van der Waals surface area contributed by atoms with Crippen LogP contribution in [0, 0.1) is 17.8 Å². The Kier molecular flexibility index (Phi) is 5.41. The van der Waals surface area contributed by atoms with Gasteiger partial charge < -0.3 is 0 Å². The topological polar surface area (TPSA) is 12.0 Å². The summed E-state index contributed by atoms with van der Waals surface area (Å²) in [7, 11) is 0. The Morgan fingerprint density at radius 3 is 2.10 bits per heavy atom. The lowest BCUT2D eigenvalue weighted by molar-refractivity contribution is 0.475. The van der Waals surface area contributed by atoms with Crippen LogP contribution in [0.1, 0.15) is 25.0 Å². The van der Waals surface area contributed by atoms with Gasteiger partial charge in [-0.3, -0.25) is 5.32 Å². The lowest BCUT2D eigenvalue weighted by Gasteiger charge is -2.16. The van der Waals surface area contributed by atoms with E-state index in [1.807, 2.05) is 36.4 Å². The Bertz CT molecular complexity index is 561. The van der Waals surface area contributed by atoms with Gasteiger partial charge in [0.2, 0.25) is 0 Å². The molecule has 0 amide bonds. The van der Waals surface area contributed by atoms with Crippen molar-refractivity contribution in [2.75, 3.05) is 0 Å². The largest absolute Gasteiger partial charge is 0.299 e. The first kappa shape index (κ1) is 14.4. The van der Waals surface area contributed by atoms with Crippen molar-refractivity contribution >= 4 is 0 Å². The van der Waals surface area contributed by atoms with Crippen LogP contribution in [0.4, 0.5) is 0 Å². The normalized spacial score (nSPS) is 11.8. The van der Waals surface area contributed by atoms with Crippen molar-refractivity contribution in [3.05, 3.63) is 71.8 Å². The molecule has 0 aliphatic rings. The first-order chi connectivity index (χ1) is 9.75.